The smallest absolute Gasteiger partial charge is 0.254 e. The summed E-state index contributed by atoms with van der Waals surface area (Å²) in [6.45, 7) is 6.03. The van der Waals surface area contributed by atoms with Crippen molar-refractivity contribution in [3.63, 3.8) is 0 Å². The molecule has 0 spiro atoms. The molecule has 0 aromatic carbocycles. The molecule has 4 nitrogen and oxygen atoms in total. The van der Waals surface area contributed by atoms with Crippen LogP contribution in [-0.4, -0.2) is 29.5 Å². The number of unbranched alkanes of at least 4 members (excludes halogenated alkanes) is 1. The molecule has 1 atom stereocenters. The minimum Gasteiger partial charge on any atom is -0.358 e. The average molecular weight is 211 g/mol. The molecule has 1 unspecified atom stereocenters. The number of hydrogen-bond donors (Lipinski definition) is 0. The molecule has 1 fully saturated rings. The summed E-state index contributed by atoms with van der Waals surface area (Å²) in [6.07, 6.45) is 3.74. The highest BCUT2D eigenvalue weighted by Crippen LogP contribution is 2.20. The normalized spacial score (nSPS) is 20.7. The summed E-state index contributed by atoms with van der Waals surface area (Å²) in [4.78, 5) is 23.9. The van der Waals surface area contributed by atoms with E-state index >= 15 is 0 Å². The van der Waals surface area contributed by atoms with Gasteiger partial charge >= 0.3 is 0 Å². The Hall–Kier alpha value is -1.16. The van der Waals surface area contributed by atoms with Crippen molar-refractivity contribution in [1.29, 1.82) is 0 Å². The monoisotopic (exact) mass is 211 g/mol. The first kappa shape index (κ1) is 11.9. The SMILES string of the molecule is C=CC(=O)N1C(=O)CCC1OCCCC. The maximum atomic E-state index is 11.4. The second-order valence-corrected chi connectivity index (χ2v) is 3.52. The summed E-state index contributed by atoms with van der Waals surface area (Å²) in [5, 5.41) is 0. The fourth-order valence-electron chi connectivity index (χ4n) is 1.54. The first-order valence-corrected chi connectivity index (χ1v) is 5.30. The number of carbonyl (C=O) groups is 2. The van der Waals surface area contributed by atoms with Gasteiger partial charge in [0.15, 0.2) is 0 Å². The van der Waals surface area contributed by atoms with Crippen molar-refractivity contribution >= 4 is 11.8 Å². The van der Waals surface area contributed by atoms with Gasteiger partial charge in [0.1, 0.15) is 6.23 Å². The number of rotatable bonds is 5. The van der Waals surface area contributed by atoms with Crippen molar-refractivity contribution in [3.05, 3.63) is 12.7 Å². The zero-order chi connectivity index (χ0) is 11.3. The number of imide groups is 1. The van der Waals surface area contributed by atoms with Gasteiger partial charge in [0, 0.05) is 19.4 Å². The molecule has 0 aromatic rings. The van der Waals surface area contributed by atoms with E-state index < -0.39 is 0 Å². The van der Waals surface area contributed by atoms with Crippen LogP contribution in [0.5, 0.6) is 0 Å². The minimum absolute atomic E-state index is 0.165. The van der Waals surface area contributed by atoms with E-state index in [4.69, 9.17) is 4.74 Å². The molecular weight excluding hydrogens is 194 g/mol. The third kappa shape index (κ3) is 2.89. The van der Waals surface area contributed by atoms with E-state index in [9.17, 15) is 9.59 Å². The van der Waals surface area contributed by atoms with Crippen molar-refractivity contribution in [2.24, 2.45) is 0 Å². The molecule has 0 aliphatic carbocycles. The molecule has 2 amide bonds. The van der Waals surface area contributed by atoms with Crippen LogP contribution in [0.3, 0.4) is 0 Å². The predicted octanol–water partition coefficient (Wildman–Crippen LogP) is 1.46. The number of ether oxygens (including phenoxy) is 1. The lowest BCUT2D eigenvalue weighted by Crippen LogP contribution is -2.39. The van der Waals surface area contributed by atoms with Gasteiger partial charge in [-0.25, -0.2) is 0 Å². The Morgan fingerprint density at radius 2 is 2.47 bits per heavy atom. The van der Waals surface area contributed by atoms with Crippen LogP contribution in [0.1, 0.15) is 32.6 Å². The Morgan fingerprint density at radius 1 is 1.73 bits per heavy atom. The highest BCUT2D eigenvalue weighted by Gasteiger charge is 2.34. The van der Waals surface area contributed by atoms with Crippen molar-refractivity contribution in [2.45, 2.75) is 38.8 Å². The van der Waals surface area contributed by atoms with Crippen molar-refractivity contribution < 1.29 is 14.3 Å². The molecule has 0 saturated carbocycles. The van der Waals surface area contributed by atoms with Gasteiger partial charge in [0.25, 0.3) is 5.91 Å². The lowest BCUT2D eigenvalue weighted by Gasteiger charge is -2.21. The second kappa shape index (κ2) is 5.66. The fourth-order valence-corrected chi connectivity index (χ4v) is 1.54. The topological polar surface area (TPSA) is 46.6 Å². The zero-order valence-electron chi connectivity index (χ0n) is 9.07. The van der Waals surface area contributed by atoms with Crippen molar-refractivity contribution in [3.8, 4) is 0 Å². The zero-order valence-corrected chi connectivity index (χ0v) is 9.07. The van der Waals surface area contributed by atoms with Gasteiger partial charge in [0.05, 0.1) is 0 Å². The summed E-state index contributed by atoms with van der Waals surface area (Å²) in [5.74, 6) is -0.527. The van der Waals surface area contributed by atoms with E-state index in [-0.39, 0.29) is 18.0 Å². The number of amides is 2. The van der Waals surface area contributed by atoms with Gasteiger partial charge in [-0.1, -0.05) is 19.9 Å². The molecule has 0 radical (unpaired) electrons. The van der Waals surface area contributed by atoms with E-state index in [0.717, 1.165) is 18.9 Å². The van der Waals surface area contributed by atoms with Gasteiger partial charge in [-0.05, 0) is 12.5 Å². The first-order chi connectivity index (χ1) is 7.20. The molecule has 1 rings (SSSR count). The third-order valence-corrected chi connectivity index (χ3v) is 2.38. The van der Waals surface area contributed by atoms with Gasteiger partial charge in [0.2, 0.25) is 5.91 Å². The number of carbonyl (C=O) groups excluding carboxylic acids is 2. The third-order valence-electron chi connectivity index (χ3n) is 2.38. The molecule has 1 aliphatic heterocycles. The lowest BCUT2D eigenvalue weighted by molar-refractivity contribution is -0.150. The molecule has 4 heteroatoms. The summed E-state index contributed by atoms with van der Waals surface area (Å²) in [7, 11) is 0. The molecular formula is C11H17NO3. The summed E-state index contributed by atoms with van der Waals surface area (Å²) in [6, 6.07) is 0. The highest BCUT2D eigenvalue weighted by atomic mass is 16.5. The molecule has 15 heavy (non-hydrogen) atoms. The molecule has 0 N–H and O–H groups in total. The Labute approximate surface area is 89.9 Å². The van der Waals surface area contributed by atoms with Crippen LogP contribution in [0.15, 0.2) is 12.7 Å². The largest absolute Gasteiger partial charge is 0.358 e. The predicted molar refractivity (Wildman–Crippen MR) is 55.9 cm³/mol. The number of nitrogens with zero attached hydrogens (tertiary/aromatic N) is 1. The second-order valence-electron chi connectivity index (χ2n) is 3.52. The highest BCUT2D eigenvalue weighted by molar-refractivity contribution is 6.01. The van der Waals surface area contributed by atoms with Gasteiger partial charge in [-0.3, -0.25) is 14.5 Å². The van der Waals surface area contributed by atoms with Crippen LogP contribution in [0.4, 0.5) is 0 Å². The number of hydrogen-bond acceptors (Lipinski definition) is 3. The maximum absolute atomic E-state index is 11.4. The van der Waals surface area contributed by atoms with Crippen molar-refractivity contribution in [1.82, 2.24) is 4.90 Å². The maximum Gasteiger partial charge on any atom is 0.254 e. The van der Waals surface area contributed by atoms with Crippen LogP contribution in [0.2, 0.25) is 0 Å². The van der Waals surface area contributed by atoms with Crippen LogP contribution in [0, 0.1) is 0 Å². The molecule has 1 aliphatic rings. The van der Waals surface area contributed by atoms with Gasteiger partial charge < -0.3 is 4.74 Å². The molecule has 0 bridgehead atoms. The van der Waals surface area contributed by atoms with Crippen LogP contribution >= 0.6 is 0 Å². The van der Waals surface area contributed by atoms with E-state index in [1.54, 1.807) is 0 Å². The van der Waals surface area contributed by atoms with E-state index in [0.29, 0.717) is 19.4 Å². The summed E-state index contributed by atoms with van der Waals surface area (Å²) < 4.78 is 5.49. The van der Waals surface area contributed by atoms with Gasteiger partial charge in [-0.2, -0.15) is 0 Å². The standard InChI is InChI=1S/C11H17NO3/c1-3-5-8-15-11-7-6-10(14)12(11)9(13)4-2/h4,11H,2-3,5-8H2,1H3. The minimum atomic E-state index is -0.380. The Bertz CT molecular complexity index is 263. The van der Waals surface area contributed by atoms with Crippen LogP contribution in [-0.2, 0) is 14.3 Å². The molecule has 84 valence electrons. The summed E-state index contributed by atoms with van der Waals surface area (Å²) in [5.41, 5.74) is 0. The quantitative estimate of drug-likeness (QED) is 0.511. The Kier molecular flexibility index (Phi) is 4.49. The average Bonchev–Trinajstić information content (AvgIpc) is 2.59. The molecule has 0 aromatic heterocycles. The van der Waals surface area contributed by atoms with Crippen LogP contribution in [0.25, 0.3) is 0 Å². The fraction of sp³-hybridized carbons (Fsp3) is 0.636. The Balaban J connectivity index is 2.52. The lowest BCUT2D eigenvalue weighted by atomic mass is 10.3. The van der Waals surface area contributed by atoms with Gasteiger partial charge in [-0.15, -0.1) is 0 Å². The number of likely N-dealkylation sites (tertiary alicyclic amines) is 1. The Morgan fingerprint density at radius 3 is 3.07 bits per heavy atom. The van der Waals surface area contributed by atoms with Crippen molar-refractivity contribution in [2.75, 3.05) is 6.61 Å². The van der Waals surface area contributed by atoms with E-state index in [1.165, 1.54) is 4.90 Å². The molecule has 1 saturated heterocycles. The molecule has 1 heterocycles. The van der Waals surface area contributed by atoms with Crippen LogP contribution < -0.4 is 0 Å². The van der Waals surface area contributed by atoms with E-state index in [1.807, 2.05) is 0 Å². The first-order valence-electron chi connectivity index (χ1n) is 5.30. The summed E-state index contributed by atoms with van der Waals surface area (Å²) >= 11 is 0. The van der Waals surface area contributed by atoms with E-state index in [2.05, 4.69) is 13.5 Å².